The number of carbonyl (C=O) groups is 1. The van der Waals surface area contributed by atoms with Crippen molar-refractivity contribution in [3.8, 4) is 0 Å². The lowest BCUT2D eigenvalue weighted by molar-refractivity contribution is 0.0655. The zero-order chi connectivity index (χ0) is 13.6. The van der Waals surface area contributed by atoms with E-state index in [-0.39, 0.29) is 11.9 Å². The number of aryl methyl sites for hydroxylation is 1. The maximum Gasteiger partial charge on any atom is 0.256 e. The molecule has 2 aliphatic rings. The molecule has 0 bridgehead atoms. The van der Waals surface area contributed by atoms with E-state index in [1.54, 1.807) is 0 Å². The molecule has 2 fully saturated rings. The van der Waals surface area contributed by atoms with Gasteiger partial charge in [-0.1, -0.05) is 0 Å². The van der Waals surface area contributed by atoms with E-state index in [2.05, 4.69) is 36.7 Å². The molecule has 0 spiro atoms. The van der Waals surface area contributed by atoms with Crippen molar-refractivity contribution in [3.63, 3.8) is 0 Å². The molecule has 1 atom stereocenters. The molecule has 1 aliphatic carbocycles. The lowest BCUT2D eigenvalue weighted by Gasteiger charge is -2.34. The van der Waals surface area contributed by atoms with Crippen LogP contribution in [0.15, 0.2) is 6.07 Å². The van der Waals surface area contributed by atoms with Crippen LogP contribution >= 0.6 is 0 Å². The summed E-state index contributed by atoms with van der Waals surface area (Å²) in [5, 5.41) is 3.33. The van der Waals surface area contributed by atoms with Crippen molar-refractivity contribution in [3.05, 3.63) is 23.0 Å². The lowest BCUT2D eigenvalue weighted by atomic mass is 10.1. The van der Waals surface area contributed by atoms with Gasteiger partial charge in [-0.15, -0.1) is 0 Å². The predicted octanol–water partition coefficient (Wildman–Crippen LogP) is 1.87. The van der Waals surface area contributed by atoms with Gasteiger partial charge in [0.05, 0.1) is 5.56 Å². The molecular weight excluding hydrogens is 238 g/mol. The van der Waals surface area contributed by atoms with Gasteiger partial charge in [-0.05, 0) is 39.7 Å². The summed E-state index contributed by atoms with van der Waals surface area (Å²) in [7, 11) is 0. The van der Waals surface area contributed by atoms with Crippen LogP contribution in [0.5, 0.6) is 0 Å². The van der Waals surface area contributed by atoms with Crippen LogP contribution in [0.25, 0.3) is 0 Å². The molecule has 1 saturated carbocycles. The molecule has 104 valence electrons. The molecular formula is C15H23N3O. The summed E-state index contributed by atoms with van der Waals surface area (Å²) in [6.45, 7) is 8.93. The Morgan fingerprint density at radius 3 is 2.74 bits per heavy atom. The molecule has 0 radical (unpaired) electrons. The van der Waals surface area contributed by atoms with Crippen molar-refractivity contribution in [2.75, 3.05) is 19.6 Å². The van der Waals surface area contributed by atoms with Crippen LogP contribution in [-0.2, 0) is 0 Å². The summed E-state index contributed by atoms with van der Waals surface area (Å²) >= 11 is 0. The summed E-state index contributed by atoms with van der Waals surface area (Å²) in [6.07, 6.45) is 2.52. The van der Waals surface area contributed by atoms with Gasteiger partial charge in [0.25, 0.3) is 5.91 Å². The number of piperazine rings is 1. The Bertz CT molecular complexity index is 502. The van der Waals surface area contributed by atoms with Crippen LogP contribution < -0.4 is 5.32 Å². The van der Waals surface area contributed by atoms with Crippen molar-refractivity contribution in [1.29, 1.82) is 0 Å². The van der Waals surface area contributed by atoms with E-state index < -0.39 is 0 Å². The zero-order valence-corrected chi connectivity index (χ0v) is 12.1. The highest BCUT2D eigenvalue weighted by molar-refractivity contribution is 5.96. The van der Waals surface area contributed by atoms with E-state index >= 15 is 0 Å². The molecule has 4 heteroatoms. The molecule has 1 amide bonds. The first-order valence-electron chi connectivity index (χ1n) is 7.29. The minimum atomic E-state index is 0.203. The maximum absolute atomic E-state index is 12.7. The average Bonchev–Trinajstić information content (AvgIpc) is 3.16. The Labute approximate surface area is 114 Å². The second-order valence-electron chi connectivity index (χ2n) is 5.94. The van der Waals surface area contributed by atoms with Gasteiger partial charge in [0.15, 0.2) is 0 Å². The second kappa shape index (κ2) is 4.67. The monoisotopic (exact) mass is 261 g/mol. The average molecular weight is 261 g/mol. The smallest absolute Gasteiger partial charge is 0.256 e. The topological polar surface area (TPSA) is 37.3 Å². The minimum absolute atomic E-state index is 0.203. The Kier molecular flexibility index (Phi) is 3.13. The molecule has 19 heavy (non-hydrogen) atoms. The molecule has 4 nitrogen and oxygen atoms in total. The molecule has 0 unspecified atom stereocenters. The first-order chi connectivity index (χ1) is 9.09. The van der Waals surface area contributed by atoms with E-state index in [1.165, 1.54) is 18.5 Å². The van der Waals surface area contributed by atoms with Gasteiger partial charge in [0, 0.05) is 43.1 Å². The van der Waals surface area contributed by atoms with Crippen LogP contribution in [0.4, 0.5) is 0 Å². The normalized spacial score (nSPS) is 23.7. The van der Waals surface area contributed by atoms with Crippen molar-refractivity contribution in [2.45, 2.75) is 45.7 Å². The van der Waals surface area contributed by atoms with Crippen molar-refractivity contribution in [2.24, 2.45) is 0 Å². The van der Waals surface area contributed by atoms with E-state index in [4.69, 9.17) is 0 Å². The number of rotatable bonds is 2. The third-order valence-corrected chi connectivity index (χ3v) is 4.39. The van der Waals surface area contributed by atoms with Gasteiger partial charge < -0.3 is 14.8 Å². The van der Waals surface area contributed by atoms with E-state index in [0.29, 0.717) is 6.04 Å². The SMILES string of the molecule is Cc1cc(C(=O)N2CCNC[C@@H]2C)c(C)n1C1CC1. The van der Waals surface area contributed by atoms with E-state index in [9.17, 15) is 4.79 Å². The van der Waals surface area contributed by atoms with Crippen LogP contribution in [0, 0.1) is 13.8 Å². The third kappa shape index (κ3) is 2.18. The number of amides is 1. The first kappa shape index (κ1) is 12.7. The molecule has 1 aliphatic heterocycles. The fraction of sp³-hybridized carbons (Fsp3) is 0.667. The predicted molar refractivity (Wildman–Crippen MR) is 75.5 cm³/mol. The highest BCUT2D eigenvalue weighted by Gasteiger charge is 2.31. The Balaban J connectivity index is 1.89. The van der Waals surface area contributed by atoms with Gasteiger partial charge in [-0.3, -0.25) is 4.79 Å². The molecule has 1 aromatic rings. The van der Waals surface area contributed by atoms with E-state index in [1.807, 2.05) is 4.90 Å². The van der Waals surface area contributed by atoms with Gasteiger partial charge >= 0.3 is 0 Å². The molecule has 1 N–H and O–H groups in total. The minimum Gasteiger partial charge on any atom is -0.345 e. The Hall–Kier alpha value is -1.29. The molecule has 1 saturated heterocycles. The van der Waals surface area contributed by atoms with Crippen LogP contribution in [-0.4, -0.2) is 41.1 Å². The summed E-state index contributed by atoms with van der Waals surface area (Å²) in [4.78, 5) is 14.7. The second-order valence-corrected chi connectivity index (χ2v) is 5.94. The summed E-state index contributed by atoms with van der Waals surface area (Å²) in [6, 6.07) is 3.00. The Morgan fingerprint density at radius 1 is 1.37 bits per heavy atom. The van der Waals surface area contributed by atoms with Crippen molar-refractivity contribution < 1.29 is 4.79 Å². The van der Waals surface area contributed by atoms with E-state index in [0.717, 1.165) is 30.9 Å². The van der Waals surface area contributed by atoms with Crippen LogP contribution in [0.1, 0.15) is 47.6 Å². The van der Waals surface area contributed by atoms with Crippen molar-refractivity contribution in [1.82, 2.24) is 14.8 Å². The maximum atomic E-state index is 12.7. The summed E-state index contributed by atoms with van der Waals surface area (Å²) in [5.74, 6) is 0.203. The molecule has 0 aromatic carbocycles. The van der Waals surface area contributed by atoms with Crippen LogP contribution in [0.3, 0.4) is 0 Å². The lowest BCUT2D eigenvalue weighted by Crippen LogP contribution is -2.52. The summed E-state index contributed by atoms with van der Waals surface area (Å²) < 4.78 is 2.35. The number of hydrogen-bond acceptors (Lipinski definition) is 2. The van der Waals surface area contributed by atoms with Gasteiger partial charge in [0.1, 0.15) is 0 Å². The molecule has 3 rings (SSSR count). The fourth-order valence-electron chi connectivity index (χ4n) is 3.19. The largest absolute Gasteiger partial charge is 0.345 e. The highest BCUT2D eigenvalue weighted by atomic mass is 16.2. The standard InChI is InChI=1S/C15H23N3O/c1-10-8-14(12(3)18(10)13-4-5-13)15(19)17-7-6-16-9-11(17)2/h8,11,13,16H,4-7,9H2,1-3H3/t11-/m0/s1. The molecule has 2 heterocycles. The summed E-state index contributed by atoms with van der Waals surface area (Å²) in [5.41, 5.74) is 3.28. The van der Waals surface area contributed by atoms with Gasteiger partial charge in [0.2, 0.25) is 0 Å². The van der Waals surface area contributed by atoms with Crippen LogP contribution in [0.2, 0.25) is 0 Å². The number of nitrogens with zero attached hydrogens (tertiary/aromatic N) is 2. The van der Waals surface area contributed by atoms with Crippen molar-refractivity contribution >= 4 is 5.91 Å². The Morgan fingerprint density at radius 2 is 2.11 bits per heavy atom. The number of carbonyl (C=O) groups excluding carboxylic acids is 1. The first-order valence-corrected chi connectivity index (χ1v) is 7.29. The zero-order valence-electron chi connectivity index (χ0n) is 12.1. The quantitative estimate of drug-likeness (QED) is 0.882. The molecule has 1 aromatic heterocycles. The third-order valence-electron chi connectivity index (χ3n) is 4.39. The fourth-order valence-corrected chi connectivity index (χ4v) is 3.19. The number of nitrogens with one attached hydrogen (secondary N) is 1. The number of aromatic nitrogens is 1. The number of hydrogen-bond donors (Lipinski definition) is 1. The van der Waals surface area contributed by atoms with Gasteiger partial charge in [-0.2, -0.15) is 0 Å². The van der Waals surface area contributed by atoms with Gasteiger partial charge in [-0.25, -0.2) is 0 Å². The highest BCUT2D eigenvalue weighted by Crippen LogP contribution is 2.38.